The van der Waals surface area contributed by atoms with E-state index in [1.807, 2.05) is 66.7 Å². The summed E-state index contributed by atoms with van der Waals surface area (Å²) in [5.74, 6) is -0.110. The zero-order chi connectivity index (χ0) is 28.7. The number of anilines is 1. The largest absolute Gasteiger partial charge is 0.489 e. The van der Waals surface area contributed by atoms with Crippen LogP contribution in [0.25, 0.3) is 0 Å². The van der Waals surface area contributed by atoms with Gasteiger partial charge in [-0.15, -0.1) is 11.8 Å². The highest BCUT2D eigenvalue weighted by Crippen LogP contribution is 2.69. The van der Waals surface area contributed by atoms with Crippen molar-refractivity contribution in [1.82, 2.24) is 4.98 Å². The molecule has 2 saturated carbocycles. The average molecular weight is 680 g/mol. The molecule has 4 aromatic rings. The number of fused-ring (bicyclic) bond motifs is 9. The third kappa shape index (κ3) is 4.08. The van der Waals surface area contributed by atoms with Crippen LogP contribution in [-0.2, 0) is 16.2 Å². The van der Waals surface area contributed by atoms with Crippen molar-refractivity contribution in [2.24, 2.45) is 29.6 Å². The molecule has 2 aliphatic heterocycles. The van der Waals surface area contributed by atoms with E-state index in [0.717, 1.165) is 37.7 Å². The predicted molar refractivity (Wildman–Crippen MR) is 167 cm³/mol. The maximum Gasteiger partial charge on any atom is 0.305 e. The van der Waals surface area contributed by atoms with E-state index in [0.29, 0.717) is 17.3 Å². The van der Waals surface area contributed by atoms with Gasteiger partial charge in [0, 0.05) is 31.1 Å². The maximum atomic E-state index is 14.0. The zero-order valence-electron chi connectivity index (χ0n) is 22.0. The number of thioether (sulfide) groups is 1. The Labute approximate surface area is 263 Å². The van der Waals surface area contributed by atoms with Gasteiger partial charge < -0.3 is 9.72 Å². The first-order valence-corrected chi connectivity index (χ1v) is 16.7. The lowest BCUT2D eigenvalue weighted by molar-refractivity contribution is -0.123. The molecule has 2 aliphatic carbocycles. The maximum absolute atomic E-state index is 14.0. The number of nitrogens with zero attached hydrogens (tertiary/aromatic N) is 1. The number of amides is 2. The third-order valence-corrected chi connectivity index (χ3v) is 12.6. The molecule has 0 radical (unpaired) electrons. The molecule has 3 aromatic carbocycles. The molecule has 1 aromatic heterocycles. The molecule has 2 amide bonds. The molecular formula is C32H24BrClN2O4S2. The topological polar surface area (TPSA) is 79.5 Å². The zero-order valence-corrected chi connectivity index (χ0v) is 26.0. The van der Waals surface area contributed by atoms with Crippen LogP contribution in [0, 0.1) is 29.6 Å². The number of thiazole rings is 1. The van der Waals surface area contributed by atoms with Crippen molar-refractivity contribution in [1.29, 1.82) is 0 Å². The minimum Gasteiger partial charge on any atom is -0.489 e. The van der Waals surface area contributed by atoms with Gasteiger partial charge in [0.15, 0.2) is 0 Å². The van der Waals surface area contributed by atoms with E-state index in [-0.39, 0.29) is 57.4 Å². The molecule has 6 unspecified atom stereocenters. The number of rotatable bonds is 5. The van der Waals surface area contributed by atoms with Crippen LogP contribution in [0.3, 0.4) is 0 Å². The summed E-state index contributed by atoms with van der Waals surface area (Å²) in [4.78, 5) is 45.9. The van der Waals surface area contributed by atoms with Crippen molar-refractivity contribution in [3.05, 3.63) is 108 Å². The second-order valence-electron chi connectivity index (χ2n) is 11.4. The molecule has 8 rings (SSSR count). The number of ether oxygens (including phenoxy) is 1. The number of hydrogen-bond acceptors (Lipinski definition) is 6. The van der Waals surface area contributed by atoms with Crippen LogP contribution in [0.1, 0.15) is 28.3 Å². The summed E-state index contributed by atoms with van der Waals surface area (Å²) in [5, 5.41) is 1.63. The Morgan fingerprint density at radius 2 is 1.74 bits per heavy atom. The van der Waals surface area contributed by atoms with Crippen LogP contribution in [0.15, 0.2) is 87.1 Å². The first-order valence-electron chi connectivity index (χ1n) is 13.9. The molecule has 212 valence electrons. The van der Waals surface area contributed by atoms with Crippen molar-refractivity contribution in [3.63, 3.8) is 0 Å². The number of carbonyl (C=O) groups is 2. The number of para-hydroxylation sites is 1. The minimum absolute atomic E-state index is 0.0257. The molecule has 42 heavy (non-hydrogen) atoms. The summed E-state index contributed by atoms with van der Waals surface area (Å²) in [6.07, 6.45) is 0.833. The Bertz CT molecular complexity index is 1810. The Kier molecular flexibility index (Phi) is 6.44. The van der Waals surface area contributed by atoms with Gasteiger partial charge in [-0.05, 0) is 72.2 Å². The number of hydrogen-bond donors (Lipinski definition) is 1. The lowest BCUT2D eigenvalue weighted by Crippen LogP contribution is -2.42. The molecule has 0 spiro atoms. The Morgan fingerprint density at radius 1 is 0.952 bits per heavy atom. The number of benzene rings is 3. The van der Waals surface area contributed by atoms with Crippen LogP contribution in [0.4, 0.5) is 5.69 Å². The number of imide groups is 1. The van der Waals surface area contributed by atoms with E-state index in [9.17, 15) is 14.4 Å². The van der Waals surface area contributed by atoms with Gasteiger partial charge in [0.25, 0.3) is 0 Å². The van der Waals surface area contributed by atoms with Gasteiger partial charge >= 0.3 is 4.87 Å². The molecule has 1 saturated heterocycles. The highest BCUT2D eigenvalue weighted by molar-refractivity contribution is 9.10. The number of aromatic nitrogens is 1. The fraction of sp³-hybridized carbons (Fsp3) is 0.281. The lowest BCUT2D eigenvalue weighted by atomic mass is 9.68. The SMILES string of the molecule is O=C1C2C3CC(C2C(=O)N1c1ccccc1)C1C3Sc2[nH]c(=O)sc2[C@@H]1c1cc(Br)ccc1OCc1cccc(Cl)c1. The first-order chi connectivity index (χ1) is 20.4. The predicted octanol–water partition coefficient (Wildman–Crippen LogP) is 7.11. The highest BCUT2D eigenvalue weighted by Gasteiger charge is 2.69. The molecule has 3 heterocycles. The Hall–Kier alpha value is -2.85. The summed E-state index contributed by atoms with van der Waals surface area (Å²) in [7, 11) is 0. The van der Waals surface area contributed by atoms with E-state index in [1.54, 1.807) is 11.8 Å². The summed E-state index contributed by atoms with van der Waals surface area (Å²) in [5.41, 5.74) is 2.58. The average Bonchev–Trinajstić information content (AvgIpc) is 3.71. The van der Waals surface area contributed by atoms with Gasteiger partial charge in [-0.3, -0.25) is 19.3 Å². The van der Waals surface area contributed by atoms with Crippen molar-refractivity contribution < 1.29 is 14.3 Å². The van der Waals surface area contributed by atoms with Crippen molar-refractivity contribution in [2.45, 2.75) is 29.2 Å². The van der Waals surface area contributed by atoms with Gasteiger partial charge in [-0.25, -0.2) is 0 Å². The quantitative estimate of drug-likeness (QED) is 0.228. The monoisotopic (exact) mass is 678 g/mol. The third-order valence-electron chi connectivity index (χ3n) is 9.33. The second-order valence-corrected chi connectivity index (χ2v) is 15.0. The number of halogens is 2. The number of H-pyrrole nitrogens is 1. The summed E-state index contributed by atoms with van der Waals surface area (Å²) in [6.45, 7) is 0.344. The highest BCUT2D eigenvalue weighted by atomic mass is 79.9. The molecule has 1 N–H and O–H groups in total. The summed E-state index contributed by atoms with van der Waals surface area (Å²) >= 11 is 12.8. The van der Waals surface area contributed by atoms with Crippen LogP contribution in [0.5, 0.6) is 5.75 Å². The summed E-state index contributed by atoms with van der Waals surface area (Å²) < 4.78 is 7.35. The van der Waals surface area contributed by atoms with E-state index in [1.165, 1.54) is 16.2 Å². The van der Waals surface area contributed by atoms with Gasteiger partial charge in [-0.1, -0.05) is 69.2 Å². The van der Waals surface area contributed by atoms with E-state index in [4.69, 9.17) is 16.3 Å². The molecule has 4 aliphatic rings. The summed E-state index contributed by atoms with van der Waals surface area (Å²) in [6, 6.07) is 22.9. The fourth-order valence-corrected chi connectivity index (χ4v) is 11.3. The number of nitrogens with one attached hydrogen (secondary N) is 1. The molecule has 10 heteroatoms. The standard InChI is InChI=1S/C32H24BrClN2O4S2/c33-16-9-10-22(40-14-15-5-4-6-17(34)11-15)19(12-16)23-24-20-13-21(27(24)41-29-28(23)42-32(39)35-29)26-25(20)30(37)36(31(26)38)18-7-2-1-3-8-18/h1-12,20-21,23-27H,13-14H2,(H,35,39)/t20?,21?,23-,24?,25?,26?,27?/m1/s1. The minimum atomic E-state index is -0.354. The van der Waals surface area contributed by atoms with Gasteiger partial charge in [-0.2, -0.15) is 0 Å². The fourth-order valence-electron chi connectivity index (χ4n) is 7.88. The Morgan fingerprint density at radius 3 is 2.52 bits per heavy atom. The van der Waals surface area contributed by atoms with E-state index >= 15 is 0 Å². The molecule has 7 atom stereocenters. The van der Waals surface area contributed by atoms with Crippen LogP contribution >= 0.6 is 50.6 Å². The van der Waals surface area contributed by atoms with E-state index in [2.05, 4.69) is 27.0 Å². The lowest BCUT2D eigenvalue weighted by Gasteiger charge is -2.43. The Balaban J connectivity index is 1.21. The molecule has 6 nitrogen and oxygen atoms in total. The second kappa shape index (κ2) is 10.1. The van der Waals surface area contributed by atoms with Crippen molar-refractivity contribution >= 4 is 68.1 Å². The number of carbonyl (C=O) groups excluding carboxylic acids is 2. The van der Waals surface area contributed by atoms with Gasteiger partial charge in [0.1, 0.15) is 12.4 Å². The van der Waals surface area contributed by atoms with Crippen molar-refractivity contribution in [3.8, 4) is 5.75 Å². The molecule has 2 bridgehead atoms. The first kappa shape index (κ1) is 26.8. The van der Waals surface area contributed by atoms with Crippen LogP contribution in [0.2, 0.25) is 5.02 Å². The van der Waals surface area contributed by atoms with Gasteiger partial charge in [0.2, 0.25) is 11.8 Å². The van der Waals surface area contributed by atoms with Gasteiger partial charge in [0.05, 0.1) is 22.5 Å². The van der Waals surface area contributed by atoms with Crippen LogP contribution in [-0.4, -0.2) is 22.0 Å². The van der Waals surface area contributed by atoms with Crippen LogP contribution < -0.4 is 14.5 Å². The molecular weight excluding hydrogens is 656 g/mol. The van der Waals surface area contributed by atoms with E-state index < -0.39 is 0 Å². The normalized spacial score (nSPS) is 29.0. The molecule has 3 fully saturated rings. The number of aromatic amines is 1. The van der Waals surface area contributed by atoms with Crippen molar-refractivity contribution in [2.75, 3.05) is 4.90 Å². The smallest absolute Gasteiger partial charge is 0.305 e.